The zero-order valence-corrected chi connectivity index (χ0v) is 15.7. The van der Waals surface area contributed by atoms with Crippen LogP contribution in [0.5, 0.6) is 0 Å². The summed E-state index contributed by atoms with van der Waals surface area (Å²) in [6, 6.07) is 5.17. The van der Waals surface area contributed by atoms with E-state index in [9.17, 15) is 8.42 Å². The van der Waals surface area contributed by atoms with E-state index in [2.05, 4.69) is 29.9 Å². The van der Waals surface area contributed by atoms with Crippen LogP contribution in [0.25, 0.3) is 16.9 Å². The number of anilines is 2. The van der Waals surface area contributed by atoms with E-state index in [1.54, 1.807) is 41.5 Å². The highest BCUT2D eigenvalue weighted by atomic mass is 32.2. The molecule has 0 fully saturated rings. The van der Waals surface area contributed by atoms with Gasteiger partial charge in [-0.1, -0.05) is 0 Å². The van der Waals surface area contributed by atoms with Gasteiger partial charge in [-0.05, 0) is 32.3 Å². The van der Waals surface area contributed by atoms with Gasteiger partial charge in [0.15, 0.2) is 0 Å². The normalized spacial score (nSPS) is 11.8. The Labute approximate surface area is 152 Å². The first kappa shape index (κ1) is 18.1. The lowest BCUT2D eigenvalue weighted by molar-refractivity contribution is 0.425. The lowest BCUT2D eigenvalue weighted by Gasteiger charge is -2.14. The molecule has 26 heavy (non-hydrogen) atoms. The number of likely N-dealkylation sites (N-methyl/N-ethyl adjacent to an activating group) is 1. The first-order valence-corrected chi connectivity index (χ1v) is 9.87. The van der Waals surface area contributed by atoms with Crippen molar-refractivity contribution in [2.24, 2.45) is 0 Å². The molecular weight excluding hydrogens is 354 g/mol. The Balaban J connectivity index is 2.05. The molecule has 0 bridgehead atoms. The zero-order valence-electron chi connectivity index (χ0n) is 14.8. The van der Waals surface area contributed by atoms with Crippen LogP contribution in [0.3, 0.4) is 0 Å². The number of benzene rings is 1. The lowest BCUT2D eigenvalue weighted by Crippen LogP contribution is -2.21. The van der Waals surface area contributed by atoms with Gasteiger partial charge in [0.1, 0.15) is 12.1 Å². The van der Waals surface area contributed by atoms with Crippen LogP contribution >= 0.6 is 0 Å². The fraction of sp³-hybridized carbons (Fsp3) is 0.312. The maximum atomic E-state index is 11.5. The van der Waals surface area contributed by atoms with Crippen LogP contribution in [0.1, 0.15) is 0 Å². The van der Waals surface area contributed by atoms with E-state index in [0.717, 1.165) is 18.2 Å². The Morgan fingerprint density at radius 2 is 2.04 bits per heavy atom. The second-order valence-corrected chi connectivity index (χ2v) is 7.93. The number of fused-ring (bicyclic) bond motifs is 1. The summed E-state index contributed by atoms with van der Waals surface area (Å²) in [5.74, 6) is 1.13. The van der Waals surface area contributed by atoms with Crippen molar-refractivity contribution in [1.82, 2.24) is 24.4 Å². The summed E-state index contributed by atoms with van der Waals surface area (Å²) in [5, 5.41) is 4.04. The molecule has 3 aromatic rings. The van der Waals surface area contributed by atoms with E-state index < -0.39 is 10.0 Å². The van der Waals surface area contributed by atoms with Crippen molar-refractivity contribution in [1.29, 1.82) is 0 Å². The molecule has 0 aliphatic carbocycles. The Hall–Kier alpha value is -2.72. The van der Waals surface area contributed by atoms with Crippen LogP contribution in [-0.2, 0) is 10.0 Å². The predicted molar refractivity (Wildman–Crippen MR) is 102 cm³/mol. The van der Waals surface area contributed by atoms with Gasteiger partial charge in [-0.25, -0.2) is 18.4 Å². The van der Waals surface area contributed by atoms with Crippen LogP contribution in [0.15, 0.2) is 36.9 Å². The van der Waals surface area contributed by atoms with E-state index in [1.165, 1.54) is 0 Å². The summed E-state index contributed by atoms with van der Waals surface area (Å²) >= 11 is 0. The number of nitrogens with zero attached hydrogens (tertiary/aromatic N) is 5. The summed E-state index contributed by atoms with van der Waals surface area (Å²) in [7, 11) is 0.621. The van der Waals surface area contributed by atoms with Crippen LogP contribution in [-0.4, -0.2) is 66.3 Å². The first-order valence-electron chi connectivity index (χ1n) is 7.98. The molecule has 1 aromatic carbocycles. The van der Waals surface area contributed by atoms with Gasteiger partial charge in [0, 0.05) is 36.6 Å². The molecule has 2 N–H and O–H groups in total. The molecule has 0 saturated heterocycles. The molecule has 0 saturated carbocycles. The molecule has 0 atom stereocenters. The lowest BCUT2D eigenvalue weighted by atomic mass is 10.2. The largest absolute Gasteiger partial charge is 0.368 e. The van der Waals surface area contributed by atoms with Crippen LogP contribution in [0.2, 0.25) is 0 Å². The molecule has 0 spiro atoms. The topological polar surface area (TPSA) is 105 Å². The summed E-state index contributed by atoms with van der Waals surface area (Å²) in [6.07, 6.45) is 6.17. The molecule has 138 valence electrons. The number of imidazole rings is 1. The van der Waals surface area contributed by atoms with Gasteiger partial charge in [-0.3, -0.25) is 9.29 Å². The van der Waals surface area contributed by atoms with Crippen molar-refractivity contribution in [2.45, 2.75) is 0 Å². The van der Waals surface area contributed by atoms with E-state index in [0.29, 0.717) is 29.5 Å². The molecule has 10 heteroatoms. The van der Waals surface area contributed by atoms with Gasteiger partial charge in [-0.15, -0.1) is 0 Å². The minimum Gasteiger partial charge on any atom is -0.368 e. The second-order valence-electron chi connectivity index (χ2n) is 6.18. The van der Waals surface area contributed by atoms with Gasteiger partial charge in [0.05, 0.1) is 11.8 Å². The summed E-state index contributed by atoms with van der Waals surface area (Å²) in [5.41, 5.74) is 1.17. The van der Waals surface area contributed by atoms with Crippen molar-refractivity contribution in [3.05, 3.63) is 36.9 Å². The maximum Gasteiger partial charge on any atom is 0.237 e. The van der Waals surface area contributed by atoms with Gasteiger partial charge in [0.25, 0.3) is 0 Å². The van der Waals surface area contributed by atoms with Gasteiger partial charge in [-0.2, -0.15) is 4.98 Å². The summed E-state index contributed by atoms with van der Waals surface area (Å²) in [6.45, 7) is 1.51. The third kappa shape index (κ3) is 4.46. The first-order chi connectivity index (χ1) is 12.3. The van der Waals surface area contributed by atoms with Crippen molar-refractivity contribution < 1.29 is 8.42 Å². The van der Waals surface area contributed by atoms with E-state index >= 15 is 0 Å². The zero-order chi connectivity index (χ0) is 18.7. The molecule has 0 aliphatic rings. The minimum atomic E-state index is -3.36. The maximum absolute atomic E-state index is 11.5. The Kier molecular flexibility index (Phi) is 5.05. The summed E-state index contributed by atoms with van der Waals surface area (Å²) < 4.78 is 27.2. The fourth-order valence-electron chi connectivity index (χ4n) is 2.42. The second kappa shape index (κ2) is 7.26. The predicted octanol–water partition coefficient (Wildman–Crippen LogP) is 1.16. The van der Waals surface area contributed by atoms with Crippen LogP contribution in [0.4, 0.5) is 11.5 Å². The average molecular weight is 375 g/mol. The Morgan fingerprint density at radius 3 is 2.69 bits per heavy atom. The van der Waals surface area contributed by atoms with Crippen molar-refractivity contribution in [2.75, 3.05) is 43.5 Å². The number of hydrogen-bond acceptors (Lipinski definition) is 7. The van der Waals surface area contributed by atoms with Gasteiger partial charge < -0.3 is 10.2 Å². The molecule has 9 nitrogen and oxygen atoms in total. The Bertz CT molecular complexity index is 1000. The van der Waals surface area contributed by atoms with Crippen LogP contribution in [0, 0.1) is 0 Å². The van der Waals surface area contributed by atoms with Crippen LogP contribution < -0.4 is 10.0 Å². The number of aromatic nitrogens is 4. The highest BCUT2D eigenvalue weighted by Crippen LogP contribution is 2.25. The quantitative estimate of drug-likeness (QED) is 0.638. The van der Waals surface area contributed by atoms with Gasteiger partial charge in [0.2, 0.25) is 16.0 Å². The molecule has 3 rings (SSSR count). The molecule has 0 unspecified atom stereocenters. The molecule has 0 amide bonds. The summed E-state index contributed by atoms with van der Waals surface area (Å²) in [4.78, 5) is 15.2. The number of sulfonamides is 1. The van der Waals surface area contributed by atoms with Crippen molar-refractivity contribution >= 4 is 32.4 Å². The Morgan fingerprint density at radius 1 is 1.23 bits per heavy atom. The SMILES string of the molecule is CN(C)CCNc1nc(-n2ccnc2)nc2ccc(NS(C)(=O)=O)cc12. The highest BCUT2D eigenvalue weighted by Gasteiger charge is 2.11. The highest BCUT2D eigenvalue weighted by molar-refractivity contribution is 7.92. The standard InChI is InChI=1S/C16H21N7O2S/c1-22(2)8-7-18-15-13-10-12(21-26(3,24)25)4-5-14(13)19-16(20-15)23-9-6-17-11-23/h4-6,9-11,21H,7-8H2,1-3H3,(H,18,19,20). The van der Waals surface area contributed by atoms with Gasteiger partial charge >= 0.3 is 0 Å². The smallest absolute Gasteiger partial charge is 0.237 e. The van der Waals surface area contributed by atoms with Crippen molar-refractivity contribution in [3.63, 3.8) is 0 Å². The molecular formula is C16H21N7O2S. The monoisotopic (exact) mass is 375 g/mol. The molecule has 2 heterocycles. The minimum absolute atomic E-state index is 0.467. The average Bonchev–Trinajstić information content (AvgIpc) is 3.07. The third-order valence-electron chi connectivity index (χ3n) is 3.57. The third-order valence-corrected chi connectivity index (χ3v) is 4.18. The molecule has 0 aliphatic heterocycles. The van der Waals surface area contributed by atoms with Crippen molar-refractivity contribution in [3.8, 4) is 5.95 Å². The van der Waals surface area contributed by atoms with E-state index in [1.807, 2.05) is 14.1 Å². The fourth-order valence-corrected chi connectivity index (χ4v) is 2.97. The van der Waals surface area contributed by atoms with E-state index in [4.69, 9.17) is 0 Å². The molecule has 0 radical (unpaired) electrons. The number of hydrogen-bond donors (Lipinski definition) is 2. The van der Waals surface area contributed by atoms with E-state index in [-0.39, 0.29) is 0 Å². The number of nitrogens with one attached hydrogen (secondary N) is 2. The molecule has 2 aromatic heterocycles. The number of rotatable bonds is 7.